The Kier molecular flexibility index (Phi) is 3.51. The van der Waals surface area contributed by atoms with E-state index in [9.17, 15) is 0 Å². The summed E-state index contributed by atoms with van der Waals surface area (Å²) in [4.78, 5) is 9.11. The molecule has 0 unspecified atom stereocenters. The van der Waals surface area contributed by atoms with Crippen molar-refractivity contribution in [3.8, 4) is 6.07 Å². The summed E-state index contributed by atoms with van der Waals surface area (Å²) in [7, 11) is 1.84. The SMILES string of the molecule is Cn1ncc2c(Nc3ccc(C#N)cc3)nc(NCC3(N)CC3)nc21. The van der Waals surface area contributed by atoms with Gasteiger partial charge in [0.1, 0.15) is 5.82 Å². The topological polar surface area (TPSA) is 117 Å². The molecule has 2 heterocycles. The van der Waals surface area contributed by atoms with Crippen molar-refractivity contribution in [3.63, 3.8) is 0 Å². The fourth-order valence-corrected chi connectivity index (χ4v) is 2.55. The second-order valence-corrected chi connectivity index (χ2v) is 6.43. The third kappa shape index (κ3) is 3.09. The molecule has 3 aromatic rings. The van der Waals surface area contributed by atoms with Gasteiger partial charge in [-0.15, -0.1) is 0 Å². The summed E-state index contributed by atoms with van der Waals surface area (Å²) < 4.78 is 1.71. The number of anilines is 3. The molecule has 0 atom stereocenters. The molecule has 1 aromatic carbocycles. The molecular weight excluding hydrogens is 316 g/mol. The van der Waals surface area contributed by atoms with Crippen molar-refractivity contribution in [1.29, 1.82) is 5.26 Å². The minimum Gasteiger partial charge on any atom is -0.352 e. The van der Waals surface area contributed by atoms with Gasteiger partial charge in [0.25, 0.3) is 0 Å². The van der Waals surface area contributed by atoms with Crippen LogP contribution in [0.5, 0.6) is 0 Å². The largest absolute Gasteiger partial charge is 0.352 e. The number of hydrogen-bond acceptors (Lipinski definition) is 7. The van der Waals surface area contributed by atoms with E-state index in [1.54, 1.807) is 23.0 Å². The van der Waals surface area contributed by atoms with Gasteiger partial charge in [-0.1, -0.05) is 0 Å². The highest BCUT2D eigenvalue weighted by Gasteiger charge is 2.38. The number of benzene rings is 1. The highest BCUT2D eigenvalue weighted by atomic mass is 15.3. The molecule has 1 aliphatic carbocycles. The van der Waals surface area contributed by atoms with Crippen molar-refractivity contribution in [3.05, 3.63) is 36.0 Å². The van der Waals surface area contributed by atoms with Crippen LogP contribution in [-0.4, -0.2) is 31.8 Å². The molecule has 0 bridgehead atoms. The highest BCUT2D eigenvalue weighted by Crippen LogP contribution is 2.32. The van der Waals surface area contributed by atoms with Crippen LogP contribution in [0.15, 0.2) is 30.5 Å². The zero-order valence-electron chi connectivity index (χ0n) is 13.8. The van der Waals surface area contributed by atoms with Crippen LogP contribution in [0, 0.1) is 11.3 Å². The van der Waals surface area contributed by atoms with Gasteiger partial charge in [0.2, 0.25) is 5.95 Å². The fourth-order valence-electron chi connectivity index (χ4n) is 2.55. The Morgan fingerprint density at radius 2 is 2.04 bits per heavy atom. The van der Waals surface area contributed by atoms with E-state index >= 15 is 0 Å². The third-order valence-electron chi connectivity index (χ3n) is 4.36. The van der Waals surface area contributed by atoms with Crippen molar-refractivity contribution >= 4 is 28.5 Å². The van der Waals surface area contributed by atoms with E-state index in [4.69, 9.17) is 11.0 Å². The van der Waals surface area contributed by atoms with Gasteiger partial charge in [0.15, 0.2) is 5.65 Å². The first-order valence-electron chi connectivity index (χ1n) is 8.06. The Labute approximate surface area is 144 Å². The number of fused-ring (bicyclic) bond motifs is 1. The number of nitriles is 1. The first-order chi connectivity index (χ1) is 12.1. The van der Waals surface area contributed by atoms with E-state index in [1.165, 1.54) is 0 Å². The molecule has 0 radical (unpaired) electrons. The summed E-state index contributed by atoms with van der Waals surface area (Å²) >= 11 is 0. The number of rotatable bonds is 5. The molecule has 0 amide bonds. The molecule has 1 fully saturated rings. The lowest BCUT2D eigenvalue weighted by Crippen LogP contribution is -2.31. The number of hydrogen-bond donors (Lipinski definition) is 3. The Balaban J connectivity index is 1.66. The van der Waals surface area contributed by atoms with E-state index < -0.39 is 0 Å². The summed E-state index contributed by atoms with van der Waals surface area (Å²) in [6.45, 7) is 0.646. The molecule has 25 heavy (non-hydrogen) atoms. The fraction of sp³-hybridized carbons (Fsp3) is 0.294. The second-order valence-electron chi connectivity index (χ2n) is 6.43. The lowest BCUT2D eigenvalue weighted by Gasteiger charge is -2.12. The van der Waals surface area contributed by atoms with Crippen LogP contribution in [0.25, 0.3) is 11.0 Å². The Morgan fingerprint density at radius 1 is 1.28 bits per heavy atom. The van der Waals surface area contributed by atoms with Gasteiger partial charge in [0, 0.05) is 24.8 Å². The van der Waals surface area contributed by atoms with Gasteiger partial charge in [0.05, 0.1) is 23.2 Å². The van der Waals surface area contributed by atoms with E-state index in [-0.39, 0.29) is 5.54 Å². The lowest BCUT2D eigenvalue weighted by molar-refractivity contribution is 0.708. The van der Waals surface area contributed by atoms with Gasteiger partial charge < -0.3 is 16.4 Å². The van der Waals surface area contributed by atoms with Crippen molar-refractivity contribution in [2.45, 2.75) is 18.4 Å². The number of nitrogens with two attached hydrogens (primary N) is 1. The van der Waals surface area contributed by atoms with Crippen molar-refractivity contribution in [1.82, 2.24) is 19.7 Å². The molecule has 8 nitrogen and oxygen atoms in total. The Morgan fingerprint density at radius 3 is 2.72 bits per heavy atom. The highest BCUT2D eigenvalue weighted by molar-refractivity contribution is 5.89. The van der Waals surface area contributed by atoms with Gasteiger partial charge >= 0.3 is 0 Å². The van der Waals surface area contributed by atoms with Crippen LogP contribution in [0.3, 0.4) is 0 Å². The van der Waals surface area contributed by atoms with Crippen LogP contribution in [-0.2, 0) is 7.05 Å². The third-order valence-corrected chi connectivity index (χ3v) is 4.36. The monoisotopic (exact) mass is 334 g/mol. The zero-order valence-corrected chi connectivity index (χ0v) is 13.8. The minimum atomic E-state index is -0.133. The number of nitrogens with one attached hydrogen (secondary N) is 2. The Hall–Kier alpha value is -3.18. The van der Waals surface area contributed by atoms with Crippen LogP contribution in [0.2, 0.25) is 0 Å². The molecule has 1 aliphatic rings. The second kappa shape index (κ2) is 5.72. The summed E-state index contributed by atoms with van der Waals surface area (Å²) in [6.07, 6.45) is 3.77. The zero-order chi connectivity index (χ0) is 17.4. The molecule has 0 saturated heterocycles. The summed E-state index contributed by atoms with van der Waals surface area (Å²) in [5.74, 6) is 1.18. The standard InChI is InChI=1S/C17H18N8/c1-25-15-13(9-21-25)14(22-12-4-2-11(8-18)3-5-12)23-16(24-15)20-10-17(19)6-7-17/h2-5,9H,6-7,10,19H2,1H3,(H2,20,22,23,24). The van der Waals surface area contributed by atoms with E-state index in [0.29, 0.717) is 23.9 Å². The molecule has 8 heteroatoms. The van der Waals surface area contributed by atoms with Crippen LogP contribution >= 0.6 is 0 Å². The molecule has 0 aliphatic heterocycles. The normalized spacial score (nSPS) is 14.9. The number of aromatic nitrogens is 4. The summed E-state index contributed by atoms with van der Waals surface area (Å²) in [5, 5.41) is 20.5. The van der Waals surface area contributed by atoms with E-state index in [1.807, 2.05) is 19.2 Å². The Bertz CT molecular complexity index is 963. The average Bonchev–Trinajstić information content (AvgIpc) is 3.25. The van der Waals surface area contributed by atoms with Gasteiger partial charge in [-0.2, -0.15) is 20.3 Å². The lowest BCUT2D eigenvalue weighted by atomic mass is 10.2. The molecule has 0 spiro atoms. The molecule has 4 N–H and O–H groups in total. The number of nitrogens with zero attached hydrogens (tertiary/aromatic N) is 5. The van der Waals surface area contributed by atoms with Crippen LogP contribution in [0.4, 0.5) is 17.5 Å². The van der Waals surface area contributed by atoms with E-state index in [0.717, 1.165) is 29.6 Å². The van der Waals surface area contributed by atoms with Crippen molar-refractivity contribution in [2.24, 2.45) is 12.8 Å². The van der Waals surface area contributed by atoms with Gasteiger partial charge in [-0.05, 0) is 37.1 Å². The van der Waals surface area contributed by atoms with Gasteiger partial charge in [-0.25, -0.2) is 0 Å². The molecular formula is C17H18N8. The predicted molar refractivity (Wildman–Crippen MR) is 95.4 cm³/mol. The smallest absolute Gasteiger partial charge is 0.226 e. The molecule has 2 aromatic heterocycles. The average molecular weight is 334 g/mol. The quantitative estimate of drug-likeness (QED) is 0.652. The van der Waals surface area contributed by atoms with Crippen LogP contribution < -0.4 is 16.4 Å². The maximum Gasteiger partial charge on any atom is 0.226 e. The molecule has 126 valence electrons. The molecule has 1 saturated carbocycles. The van der Waals surface area contributed by atoms with Gasteiger partial charge in [-0.3, -0.25) is 4.68 Å². The summed E-state index contributed by atoms with van der Waals surface area (Å²) in [6, 6.07) is 9.31. The maximum atomic E-state index is 8.91. The number of aryl methyl sites for hydroxylation is 1. The van der Waals surface area contributed by atoms with Crippen molar-refractivity contribution in [2.75, 3.05) is 17.2 Å². The predicted octanol–water partition coefficient (Wildman–Crippen LogP) is 1.88. The summed E-state index contributed by atoms with van der Waals surface area (Å²) in [5.41, 5.74) is 8.18. The van der Waals surface area contributed by atoms with Crippen molar-refractivity contribution < 1.29 is 0 Å². The maximum absolute atomic E-state index is 8.91. The minimum absolute atomic E-state index is 0.133. The van der Waals surface area contributed by atoms with E-state index in [2.05, 4.69) is 31.8 Å². The van der Waals surface area contributed by atoms with Crippen LogP contribution in [0.1, 0.15) is 18.4 Å². The molecule has 4 rings (SSSR count). The first-order valence-corrected chi connectivity index (χ1v) is 8.06. The first kappa shape index (κ1) is 15.4.